The Kier molecular flexibility index (Phi) is 2.89. The average Bonchev–Trinajstić information content (AvgIpc) is 2.96. The van der Waals surface area contributed by atoms with Crippen molar-refractivity contribution in [1.29, 1.82) is 5.26 Å². The molecule has 0 fully saturated rings. The Morgan fingerprint density at radius 3 is 2.90 bits per heavy atom. The number of hydrogen-bond acceptors (Lipinski definition) is 5. The summed E-state index contributed by atoms with van der Waals surface area (Å²) in [6.07, 6.45) is 2.97. The van der Waals surface area contributed by atoms with Gasteiger partial charge in [0.05, 0.1) is 23.3 Å². The molecule has 1 N–H and O–H groups in total. The Morgan fingerprint density at radius 2 is 2.20 bits per heavy atom. The summed E-state index contributed by atoms with van der Waals surface area (Å²) >= 11 is 1.07. The number of aromatic nitrogens is 2. The maximum absolute atomic E-state index is 10.9. The minimum atomic E-state index is -1.01. The predicted octanol–water partition coefficient (Wildman–Crippen LogP) is 2.93. The van der Waals surface area contributed by atoms with Crippen LogP contribution in [-0.2, 0) is 0 Å². The highest BCUT2D eigenvalue weighted by molar-refractivity contribution is 7.16. The molecule has 0 saturated carbocycles. The number of benzene rings is 1. The van der Waals surface area contributed by atoms with Crippen LogP contribution >= 0.6 is 11.3 Å². The molecule has 20 heavy (non-hydrogen) atoms. The molecule has 3 aromatic rings. The van der Waals surface area contributed by atoms with E-state index >= 15 is 0 Å². The van der Waals surface area contributed by atoms with Crippen molar-refractivity contribution in [3.05, 3.63) is 47.1 Å². The first kappa shape index (κ1) is 12.3. The molecule has 2 aromatic heterocycles. The molecule has 0 radical (unpaired) electrons. The molecule has 0 spiro atoms. The molecule has 0 saturated heterocycles. The molecule has 1 aromatic carbocycles. The topological polar surface area (TPSA) is 86.9 Å². The molecule has 2 heterocycles. The first-order chi connectivity index (χ1) is 9.69. The summed E-state index contributed by atoms with van der Waals surface area (Å²) in [5.74, 6) is -1.01. The highest BCUT2D eigenvalue weighted by Gasteiger charge is 2.12. The third-order valence-corrected chi connectivity index (χ3v) is 3.84. The number of rotatable bonds is 2. The van der Waals surface area contributed by atoms with E-state index in [4.69, 9.17) is 5.11 Å². The van der Waals surface area contributed by atoms with Gasteiger partial charge in [-0.05, 0) is 24.3 Å². The van der Waals surface area contributed by atoms with Gasteiger partial charge in [0.2, 0.25) is 0 Å². The summed E-state index contributed by atoms with van der Waals surface area (Å²) < 4.78 is 0. The van der Waals surface area contributed by atoms with E-state index in [-0.39, 0.29) is 4.88 Å². The molecule has 0 aliphatic carbocycles. The molecular formula is C14H7N3O2S. The lowest BCUT2D eigenvalue weighted by molar-refractivity contribution is 0.0702. The molecule has 0 bridgehead atoms. The number of thiazole rings is 1. The molecule has 0 aliphatic rings. The average molecular weight is 281 g/mol. The first-order valence-corrected chi connectivity index (χ1v) is 6.49. The third kappa shape index (κ3) is 2.00. The van der Waals surface area contributed by atoms with Crippen LogP contribution in [0.5, 0.6) is 0 Å². The van der Waals surface area contributed by atoms with Gasteiger partial charge in [0.25, 0.3) is 0 Å². The number of carboxylic acid groups (broad SMARTS) is 1. The predicted molar refractivity (Wildman–Crippen MR) is 74.5 cm³/mol. The van der Waals surface area contributed by atoms with Crippen LogP contribution in [0.25, 0.3) is 21.5 Å². The lowest BCUT2D eigenvalue weighted by atomic mass is 10.1. The van der Waals surface area contributed by atoms with Gasteiger partial charge in [-0.1, -0.05) is 0 Å². The molecule has 6 heteroatoms. The number of carbonyl (C=O) groups is 1. The largest absolute Gasteiger partial charge is 0.477 e. The zero-order valence-electron chi connectivity index (χ0n) is 10.1. The van der Waals surface area contributed by atoms with Crippen LogP contribution in [-0.4, -0.2) is 21.0 Å². The van der Waals surface area contributed by atoms with Crippen molar-refractivity contribution >= 4 is 28.2 Å². The second kappa shape index (κ2) is 4.72. The number of aromatic carboxylic acids is 1. The van der Waals surface area contributed by atoms with Crippen molar-refractivity contribution in [2.45, 2.75) is 0 Å². The van der Waals surface area contributed by atoms with Crippen LogP contribution in [0.15, 0.2) is 36.7 Å². The van der Waals surface area contributed by atoms with Crippen LogP contribution in [0.1, 0.15) is 15.2 Å². The Balaban J connectivity index is 2.21. The van der Waals surface area contributed by atoms with E-state index < -0.39 is 5.97 Å². The quantitative estimate of drug-likeness (QED) is 0.780. The highest BCUT2D eigenvalue weighted by Crippen LogP contribution is 2.29. The fourth-order valence-corrected chi connectivity index (χ4v) is 2.65. The minimum absolute atomic E-state index is 0.166. The van der Waals surface area contributed by atoms with Gasteiger partial charge < -0.3 is 5.11 Å². The standard InChI is InChI=1S/C14H7N3O2S/c15-6-9-4-8(5-11-10(9)2-1-3-16-11)13-17-7-12(20-13)14(18)19/h1-5,7H,(H,18,19). The lowest BCUT2D eigenvalue weighted by Crippen LogP contribution is -1.89. The van der Waals surface area contributed by atoms with Crippen molar-refractivity contribution in [2.24, 2.45) is 0 Å². The smallest absolute Gasteiger partial charge is 0.347 e. The molecule has 3 rings (SSSR count). The molecule has 0 aliphatic heterocycles. The van der Waals surface area contributed by atoms with Gasteiger partial charge in [0.15, 0.2) is 0 Å². The van der Waals surface area contributed by atoms with Gasteiger partial charge in [0.1, 0.15) is 9.88 Å². The fraction of sp³-hybridized carbons (Fsp3) is 0. The van der Waals surface area contributed by atoms with Gasteiger partial charge in [0, 0.05) is 17.1 Å². The maximum Gasteiger partial charge on any atom is 0.347 e. The van der Waals surface area contributed by atoms with Crippen LogP contribution in [0, 0.1) is 11.3 Å². The van der Waals surface area contributed by atoms with Crippen molar-refractivity contribution in [1.82, 2.24) is 9.97 Å². The third-order valence-electron chi connectivity index (χ3n) is 2.80. The van der Waals surface area contributed by atoms with Crippen LogP contribution < -0.4 is 0 Å². The maximum atomic E-state index is 10.9. The van der Waals surface area contributed by atoms with Gasteiger partial charge in [-0.25, -0.2) is 9.78 Å². The SMILES string of the molecule is N#Cc1cc(-c2ncc(C(=O)O)s2)cc2ncccc12. The number of nitriles is 1. The lowest BCUT2D eigenvalue weighted by Gasteiger charge is -2.02. The van der Waals surface area contributed by atoms with E-state index in [9.17, 15) is 10.1 Å². The highest BCUT2D eigenvalue weighted by atomic mass is 32.1. The zero-order valence-corrected chi connectivity index (χ0v) is 10.9. The number of pyridine rings is 1. The second-order valence-electron chi connectivity index (χ2n) is 4.04. The van der Waals surface area contributed by atoms with E-state index in [1.54, 1.807) is 24.4 Å². The Hall–Kier alpha value is -2.78. The minimum Gasteiger partial charge on any atom is -0.477 e. The summed E-state index contributed by atoms with van der Waals surface area (Å²) in [5.41, 5.74) is 1.89. The molecule has 96 valence electrons. The van der Waals surface area contributed by atoms with Crippen molar-refractivity contribution in [2.75, 3.05) is 0 Å². The first-order valence-electron chi connectivity index (χ1n) is 5.67. The van der Waals surface area contributed by atoms with Gasteiger partial charge in [-0.3, -0.25) is 4.98 Å². The molecule has 0 unspecified atom stereocenters. The van der Waals surface area contributed by atoms with Crippen molar-refractivity contribution in [3.8, 4) is 16.6 Å². The number of fused-ring (bicyclic) bond motifs is 1. The molecule has 0 atom stereocenters. The Morgan fingerprint density at radius 1 is 1.35 bits per heavy atom. The van der Waals surface area contributed by atoms with E-state index in [2.05, 4.69) is 16.0 Å². The van der Waals surface area contributed by atoms with Crippen LogP contribution in [0.3, 0.4) is 0 Å². The van der Waals surface area contributed by atoms with Gasteiger partial charge >= 0.3 is 5.97 Å². The summed E-state index contributed by atoms with van der Waals surface area (Å²) in [5, 5.41) is 19.5. The molecule has 0 amide bonds. The van der Waals surface area contributed by atoms with E-state index in [0.29, 0.717) is 21.7 Å². The van der Waals surface area contributed by atoms with Crippen LogP contribution in [0.2, 0.25) is 0 Å². The molecule has 5 nitrogen and oxygen atoms in total. The second-order valence-corrected chi connectivity index (χ2v) is 5.07. The fourth-order valence-electron chi connectivity index (χ4n) is 1.90. The molecular weight excluding hydrogens is 274 g/mol. The van der Waals surface area contributed by atoms with Gasteiger partial charge in [-0.15, -0.1) is 11.3 Å². The van der Waals surface area contributed by atoms with Crippen LogP contribution in [0.4, 0.5) is 0 Å². The summed E-state index contributed by atoms with van der Waals surface area (Å²) in [4.78, 5) is 19.4. The summed E-state index contributed by atoms with van der Waals surface area (Å²) in [6.45, 7) is 0. The van der Waals surface area contributed by atoms with E-state index in [0.717, 1.165) is 16.7 Å². The van der Waals surface area contributed by atoms with E-state index in [1.165, 1.54) is 6.20 Å². The normalized spacial score (nSPS) is 10.3. The number of hydrogen-bond donors (Lipinski definition) is 1. The number of carboxylic acids is 1. The van der Waals surface area contributed by atoms with Crippen molar-refractivity contribution in [3.63, 3.8) is 0 Å². The number of nitrogens with zero attached hydrogens (tertiary/aromatic N) is 3. The Labute approximate surface area is 117 Å². The van der Waals surface area contributed by atoms with E-state index in [1.807, 2.05) is 6.07 Å². The zero-order chi connectivity index (χ0) is 14.1. The van der Waals surface area contributed by atoms with Gasteiger partial charge in [-0.2, -0.15) is 5.26 Å². The van der Waals surface area contributed by atoms with Crippen molar-refractivity contribution < 1.29 is 9.90 Å². The summed E-state index contributed by atoms with van der Waals surface area (Å²) in [6, 6.07) is 9.24. The Bertz CT molecular complexity index is 864. The monoisotopic (exact) mass is 281 g/mol. The summed E-state index contributed by atoms with van der Waals surface area (Å²) in [7, 11) is 0.